The van der Waals surface area contributed by atoms with Crippen molar-refractivity contribution in [2.75, 3.05) is 0 Å². The molecule has 0 atom stereocenters. The summed E-state index contributed by atoms with van der Waals surface area (Å²) in [6.45, 7) is 3.89. The standard InChI is InChI=1S/C12H11N5OS/c1-6-3-10(8-5-15-19-7(8)2)16-12-9(11(13)18)4-14-17(6)12/h3-5H,1-2H3,(H2,13,18). The molecule has 0 unspecified atom stereocenters. The van der Waals surface area contributed by atoms with Crippen LogP contribution in [0.15, 0.2) is 18.5 Å². The number of hydrogen-bond acceptors (Lipinski definition) is 5. The molecule has 19 heavy (non-hydrogen) atoms. The minimum absolute atomic E-state index is 0.325. The summed E-state index contributed by atoms with van der Waals surface area (Å²) >= 11 is 1.42. The summed E-state index contributed by atoms with van der Waals surface area (Å²) in [6, 6.07) is 1.92. The van der Waals surface area contributed by atoms with E-state index < -0.39 is 5.91 Å². The van der Waals surface area contributed by atoms with Crippen LogP contribution in [0, 0.1) is 13.8 Å². The van der Waals surface area contributed by atoms with E-state index in [0.29, 0.717) is 11.2 Å². The van der Waals surface area contributed by atoms with Crippen LogP contribution in [-0.4, -0.2) is 24.9 Å². The first-order valence-electron chi connectivity index (χ1n) is 5.65. The molecule has 3 rings (SSSR count). The van der Waals surface area contributed by atoms with E-state index in [1.165, 1.54) is 17.7 Å². The van der Waals surface area contributed by atoms with E-state index in [1.807, 2.05) is 19.9 Å². The van der Waals surface area contributed by atoms with Gasteiger partial charge in [0.1, 0.15) is 5.56 Å². The molecule has 0 saturated heterocycles. The van der Waals surface area contributed by atoms with Crippen molar-refractivity contribution < 1.29 is 4.79 Å². The minimum atomic E-state index is -0.529. The van der Waals surface area contributed by atoms with Gasteiger partial charge in [-0.3, -0.25) is 4.79 Å². The Morgan fingerprint density at radius 2 is 2.16 bits per heavy atom. The number of carbonyl (C=O) groups is 1. The molecule has 7 heteroatoms. The van der Waals surface area contributed by atoms with Crippen LogP contribution in [0.5, 0.6) is 0 Å². The maximum absolute atomic E-state index is 11.4. The van der Waals surface area contributed by atoms with Crippen molar-refractivity contribution in [3.05, 3.63) is 34.6 Å². The van der Waals surface area contributed by atoms with Gasteiger partial charge in [0.25, 0.3) is 5.91 Å². The van der Waals surface area contributed by atoms with Gasteiger partial charge in [-0.1, -0.05) is 0 Å². The highest BCUT2D eigenvalue weighted by Gasteiger charge is 2.15. The lowest BCUT2D eigenvalue weighted by molar-refractivity contribution is 0.100. The lowest BCUT2D eigenvalue weighted by Crippen LogP contribution is -2.11. The molecule has 0 bridgehead atoms. The van der Waals surface area contributed by atoms with Crippen molar-refractivity contribution in [3.63, 3.8) is 0 Å². The van der Waals surface area contributed by atoms with Crippen LogP contribution in [0.25, 0.3) is 16.9 Å². The van der Waals surface area contributed by atoms with E-state index in [0.717, 1.165) is 21.8 Å². The van der Waals surface area contributed by atoms with E-state index in [-0.39, 0.29) is 0 Å². The lowest BCUT2D eigenvalue weighted by Gasteiger charge is -2.04. The highest BCUT2D eigenvalue weighted by atomic mass is 32.1. The summed E-state index contributed by atoms with van der Waals surface area (Å²) in [5.41, 5.74) is 8.76. The first kappa shape index (κ1) is 11.8. The first-order valence-corrected chi connectivity index (χ1v) is 6.42. The van der Waals surface area contributed by atoms with E-state index in [2.05, 4.69) is 14.5 Å². The normalized spacial score (nSPS) is 11.1. The summed E-state index contributed by atoms with van der Waals surface area (Å²) in [4.78, 5) is 16.9. The van der Waals surface area contributed by atoms with Crippen LogP contribution in [0.3, 0.4) is 0 Å². The molecule has 2 N–H and O–H groups in total. The molecule has 0 aliphatic rings. The van der Waals surface area contributed by atoms with Crippen LogP contribution >= 0.6 is 11.5 Å². The molecule has 3 aromatic heterocycles. The Hall–Kier alpha value is -2.28. The number of hydrogen-bond donors (Lipinski definition) is 1. The summed E-state index contributed by atoms with van der Waals surface area (Å²) in [7, 11) is 0. The third-order valence-electron chi connectivity index (χ3n) is 2.94. The molecular weight excluding hydrogens is 262 g/mol. The Morgan fingerprint density at radius 1 is 1.37 bits per heavy atom. The van der Waals surface area contributed by atoms with E-state index in [9.17, 15) is 4.79 Å². The highest BCUT2D eigenvalue weighted by molar-refractivity contribution is 7.06. The zero-order valence-electron chi connectivity index (χ0n) is 10.4. The molecule has 96 valence electrons. The largest absolute Gasteiger partial charge is 0.365 e. The van der Waals surface area contributed by atoms with Gasteiger partial charge >= 0.3 is 0 Å². The van der Waals surface area contributed by atoms with Gasteiger partial charge in [-0.15, -0.1) is 0 Å². The smallest absolute Gasteiger partial charge is 0.254 e. The predicted octanol–water partition coefficient (Wildman–Crippen LogP) is 1.57. The fourth-order valence-corrected chi connectivity index (χ4v) is 2.54. The number of fused-ring (bicyclic) bond motifs is 1. The zero-order chi connectivity index (χ0) is 13.6. The second kappa shape index (κ2) is 4.13. The summed E-state index contributed by atoms with van der Waals surface area (Å²) < 4.78 is 5.75. The summed E-state index contributed by atoms with van der Waals surface area (Å²) in [6.07, 6.45) is 3.22. The molecule has 0 aromatic carbocycles. The van der Waals surface area contributed by atoms with Gasteiger partial charge in [0.05, 0.1) is 18.1 Å². The monoisotopic (exact) mass is 273 g/mol. The van der Waals surface area contributed by atoms with Gasteiger partial charge in [0.2, 0.25) is 0 Å². The van der Waals surface area contributed by atoms with Gasteiger partial charge in [0.15, 0.2) is 5.65 Å². The van der Waals surface area contributed by atoms with E-state index in [4.69, 9.17) is 5.73 Å². The number of primary amides is 1. The van der Waals surface area contributed by atoms with Crippen molar-refractivity contribution in [3.8, 4) is 11.3 Å². The molecule has 1 amide bonds. The van der Waals surface area contributed by atoms with Gasteiger partial charge in [-0.25, -0.2) is 13.9 Å². The number of amides is 1. The van der Waals surface area contributed by atoms with Crippen molar-refractivity contribution in [1.29, 1.82) is 0 Å². The Morgan fingerprint density at radius 3 is 2.79 bits per heavy atom. The maximum atomic E-state index is 11.4. The number of nitrogens with two attached hydrogens (primary N) is 1. The van der Waals surface area contributed by atoms with Crippen molar-refractivity contribution in [2.24, 2.45) is 5.73 Å². The summed E-state index contributed by atoms with van der Waals surface area (Å²) in [5.74, 6) is -0.529. The average Bonchev–Trinajstić information content (AvgIpc) is 2.94. The Labute approximate surface area is 113 Å². The number of rotatable bonds is 2. The van der Waals surface area contributed by atoms with Crippen LogP contribution in [0.1, 0.15) is 20.9 Å². The number of aromatic nitrogens is 4. The molecule has 6 nitrogen and oxygen atoms in total. The van der Waals surface area contributed by atoms with Gasteiger partial charge in [0, 0.05) is 16.1 Å². The zero-order valence-corrected chi connectivity index (χ0v) is 11.2. The Bertz CT molecular complexity index is 789. The molecule has 3 heterocycles. The molecule has 0 aliphatic heterocycles. The van der Waals surface area contributed by atoms with Crippen LogP contribution in [0.2, 0.25) is 0 Å². The van der Waals surface area contributed by atoms with Crippen LogP contribution in [0.4, 0.5) is 0 Å². The predicted molar refractivity (Wildman–Crippen MR) is 72.1 cm³/mol. The molecule has 0 aliphatic carbocycles. The quantitative estimate of drug-likeness (QED) is 0.767. The third kappa shape index (κ3) is 1.78. The van der Waals surface area contributed by atoms with Crippen molar-refractivity contribution in [1.82, 2.24) is 19.0 Å². The lowest BCUT2D eigenvalue weighted by atomic mass is 10.2. The maximum Gasteiger partial charge on any atom is 0.254 e. The fourth-order valence-electron chi connectivity index (χ4n) is 1.97. The Kier molecular flexibility index (Phi) is 2.56. The average molecular weight is 273 g/mol. The van der Waals surface area contributed by atoms with Gasteiger partial charge in [-0.2, -0.15) is 5.10 Å². The third-order valence-corrected chi connectivity index (χ3v) is 3.65. The minimum Gasteiger partial charge on any atom is -0.365 e. The van der Waals surface area contributed by atoms with Crippen LogP contribution < -0.4 is 5.73 Å². The number of carbonyl (C=O) groups excluding carboxylic acids is 1. The molecule has 0 fully saturated rings. The second-order valence-corrected chi connectivity index (χ2v) is 5.24. The fraction of sp³-hybridized carbons (Fsp3) is 0.167. The molecule has 0 saturated carbocycles. The molecule has 3 aromatic rings. The van der Waals surface area contributed by atoms with Gasteiger partial charge < -0.3 is 5.73 Å². The SMILES string of the molecule is Cc1sncc1-c1cc(C)n2ncc(C(N)=O)c2n1. The summed E-state index contributed by atoms with van der Waals surface area (Å²) in [5, 5.41) is 4.12. The van der Waals surface area contributed by atoms with E-state index in [1.54, 1.807) is 10.7 Å². The van der Waals surface area contributed by atoms with Gasteiger partial charge in [-0.05, 0) is 31.4 Å². The van der Waals surface area contributed by atoms with Crippen molar-refractivity contribution in [2.45, 2.75) is 13.8 Å². The first-order chi connectivity index (χ1) is 9.08. The topological polar surface area (TPSA) is 86.2 Å². The Balaban J connectivity index is 2.31. The number of aryl methyl sites for hydroxylation is 2. The number of nitrogens with zero attached hydrogens (tertiary/aromatic N) is 4. The second-order valence-electron chi connectivity index (χ2n) is 4.24. The van der Waals surface area contributed by atoms with E-state index >= 15 is 0 Å². The highest BCUT2D eigenvalue weighted by Crippen LogP contribution is 2.25. The molecule has 0 radical (unpaired) electrons. The van der Waals surface area contributed by atoms with Crippen LogP contribution in [-0.2, 0) is 0 Å². The molecular formula is C12H11N5OS. The molecule has 0 spiro atoms. The van der Waals surface area contributed by atoms with Crippen molar-refractivity contribution >= 4 is 23.1 Å².